The highest BCUT2D eigenvalue weighted by atomic mass is 32.2. The van der Waals surface area contributed by atoms with Crippen LogP contribution in [0.5, 0.6) is 0 Å². The first kappa shape index (κ1) is 12.7. The molecule has 0 atom stereocenters. The van der Waals surface area contributed by atoms with Gasteiger partial charge in [-0.05, 0) is 57.8 Å². The van der Waals surface area contributed by atoms with Gasteiger partial charge in [0, 0.05) is 17.5 Å². The molecule has 2 fully saturated rings. The van der Waals surface area contributed by atoms with Gasteiger partial charge in [0.05, 0.1) is 0 Å². The molecule has 2 aliphatic rings. The number of nitrogens with one attached hydrogen (secondary N) is 1. The van der Waals surface area contributed by atoms with Crippen LogP contribution in [0.4, 0.5) is 0 Å². The molecule has 94 valence electrons. The van der Waals surface area contributed by atoms with Gasteiger partial charge in [-0.2, -0.15) is 11.8 Å². The molecule has 2 rings (SSSR count). The highest BCUT2D eigenvalue weighted by Gasteiger charge is 2.17. The standard InChI is InChI=1S/C13H26N2S/c1-12-4-8-15(9-5-12)10-11-16-13-2-6-14-7-3-13/h12-14H,2-11H2,1H3. The highest BCUT2D eigenvalue weighted by Crippen LogP contribution is 2.21. The van der Waals surface area contributed by atoms with Crippen molar-refractivity contribution in [1.29, 1.82) is 0 Å². The molecule has 1 N–H and O–H groups in total. The van der Waals surface area contributed by atoms with Crippen LogP contribution >= 0.6 is 11.8 Å². The molecule has 0 amide bonds. The van der Waals surface area contributed by atoms with Crippen molar-refractivity contribution in [3.05, 3.63) is 0 Å². The number of thioether (sulfide) groups is 1. The largest absolute Gasteiger partial charge is 0.317 e. The summed E-state index contributed by atoms with van der Waals surface area (Å²) >= 11 is 2.21. The fourth-order valence-electron chi connectivity index (χ4n) is 2.60. The third-order valence-corrected chi connectivity index (χ3v) is 5.28. The zero-order valence-electron chi connectivity index (χ0n) is 10.6. The van der Waals surface area contributed by atoms with E-state index < -0.39 is 0 Å². The van der Waals surface area contributed by atoms with Crippen molar-refractivity contribution in [3.8, 4) is 0 Å². The van der Waals surface area contributed by atoms with E-state index in [4.69, 9.17) is 0 Å². The smallest absolute Gasteiger partial charge is 0.00724 e. The zero-order chi connectivity index (χ0) is 11.2. The SMILES string of the molecule is CC1CCN(CCSC2CCNCC2)CC1. The van der Waals surface area contributed by atoms with Crippen LogP contribution in [-0.2, 0) is 0 Å². The maximum Gasteiger partial charge on any atom is 0.00724 e. The van der Waals surface area contributed by atoms with E-state index >= 15 is 0 Å². The lowest BCUT2D eigenvalue weighted by Crippen LogP contribution is -2.35. The number of nitrogens with zero attached hydrogens (tertiary/aromatic N) is 1. The van der Waals surface area contributed by atoms with Crippen molar-refractivity contribution in [3.63, 3.8) is 0 Å². The van der Waals surface area contributed by atoms with Gasteiger partial charge in [0.2, 0.25) is 0 Å². The summed E-state index contributed by atoms with van der Waals surface area (Å²) in [6, 6.07) is 0. The Bertz CT molecular complexity index is 184. The van der Waals surface area contributed by atoms with Crippen molar-refractivity contribution in [2.45, 2.75) is 37.9 Å². The second kappa shape index (κ2) is 6.87. The van der Waals surface area contributed by atoms with Crippen molar-refractivity contribution in [2.24, 2.45) is 5.92 Å². The average molecular weight is 242 g/mol. The predicted octanol–water partition coefficient (Wildman–Crippen LogP) is 2.20. The van der Waals surface area contributed by atoms with Crippen molar-refractivity contribution in [2.75, 3.05) is 38.5 Å². The molecule has 2 nitrogen and oxygen atoms in total. The van der Waals surface area contributed by atoms with E-state index in [2.05, 4.69) is 28.9 Å². The normalized spacial score (nSPS) is 26.1. The Morgan fingerprint density at radius 1 is 1.12 bits per heavy atom. The van der Waals surface area contributed by atoms with Crippen LogP contribution in [0.1, 0.15) is 32.6 Å². The van der Waals surface area contributed by atoms with Gasteiger partial charge in [-0.1, -0.05) is 6.92 Å². The maximum absolute atomic E-state index is 3.44. The van der Waals surface area contributed by atoms with Gasteiger partial charge in [0.1, 0.15) is 0 Å². The second-order valence-corrected chi connectivity index (χ2v) is 6.75. The molecule has 3 heteroatoms. The number of rotatable bonds is 4. The van der Waals surface area contributed by atoms with Crippen LogP contribution in [0.15, 0.2) is 0 Å². The Kier molecular flexibility index (Phi) is 5.46. The summed E-state index contributed by atoms with van der Waals surface area (Å²) in [5, 5.41) is 4.37. The fourth-order valence-corrected chi connectivity index (χ4v) is 3.86. The molecule has 0 saturated carbocycles. The van der Waals surface area contributed by atoms with E-state index in [1.165, 1.54) is 64.2 Å². The van der Waals surface area contributed by atoms with Crippen LogP contribution in [0, 0.1) is 5.92 Å². The lowest BCUT2D eigenvalue weighted by Gasteiger charge is -2.30. The summed E-state index contributed by atoms with van der Waals surface area (Å²) in [6.45, 7) is 8.86. The van der Waals surface area contributed by atoms with Gasteiger partial charge in [0.25, 0.3) is 0 Å². The fraction of sp³-hybridized carbons (Fsp3) is 1.00. The van der Waals surface area contributed by atoms with Gasteiger partial charge in [-0.3, -0.25) is 0 Å². The Labute approximate surface area is 105 Å². The van der Waals surface area contributed by atoms with Crippen LogP contribution in [-0.4, -0.2) is 48.6 Å². The summed E-state index contributed by atoms with van der Waals surface area (Å²) in [7, 11) is 0. The molecule has 2 heterocycles. The van der Waals surface area contributed by atoms with E-state index in [0.717, 1.165) is 11.2 Å². The minimum absolute atomic E-state index is 0.935. The van der Waals surface area contributed by atoms with E-state index in [9.17, 15) is 0 Å². The molecule has 2 aliphatic heterocycles. The average Bonchev–Trinajstić information content (AvgIpc) is 2.33. The molecule has 0 spiro atoms. The third-order valence-electron chi connectivity index (χ3n) is 3.92. The molecule has 0 aliphatic carbocycles. The lowest BCUT2D eigenvalue weighted by molar-refractivity contribution is 0.203. The van der Waals surface area contributed by atoms with Crippen LogP contribution in [0.2, 0.25) is 0 Å². The Morgan fingerprint density at radius 3 is 2.50 bits per heavy atom. The first-order valence-corrected chi connectivity index (χ1v) is 7.94. The molecule has 0 aromatic heterocycles. The maximum atomic E-state index is 3.44. The third kappa shape index (κ3) is 4.27. The van der Waals surface area contributed by atoms with E-state index in [-0.39, 0.29) is 0 Å². The number of likely N-dealkylation sites (tertiary alicyclic amines) is 1. The van der Waals surface area contributed by atoms with Gasteiger partial charge >= 0.3 is 0 Å². The summed E-state index contributed by atoms with van der Waals surface area (Å²) < 4.78 is 0. The molecular formula is C13H26N2S. The molecule has 0 radical (unpaired) electrons. The number of hydrogen-bond acceptors (Lipinski definition) is 3. The minimum atomic E-state index is 0.935. The molecule has 0 aromatic rings. The first-order chi connectivity index (χ1) is 7.84. The van der Waals surface area contributed by atoms with Gasteiger partial charge in [-0.15, -0.1) is 0 Å². The van der Waals surface area contributed by atoms with Gasteiger partial charge < -0.3 is 10.2 Å². The molecule has 16 heavy (non-hydrogen) atoms. The molecular weight excluding hydrogens is 216 g/mol. The molecule has 0 bridgehead atoms. The number of hydrogen-bond donors (Lipinski definition) is 1. The molecule has 0 unspecified atom stereocenters. The van der Waals surface area contributed by atoms with Crippen molar-refractivity contribution >= 4 is 11.8 Å². The minimum Gasteiger partial charge on any atom is -0.317 e. The summed E-state index contributed by atoms with van der Waals surface area (Å²) in [6.07, 6.45) is 5.58. The van der Waals surface area contributed by atoms with Crippen LogP contribution < -0.4 is 5.32 Å². The Hall–Kier alpha value is 0.270. The number of piperidine rings is 2. The quantitative estimate of drug-likeness (QED) is 0.814. The van der Waals surface area contributed by atoms with E-state index in [0.29, 0.717) is 0 Å². The van der Waals surface area contributed by atoms with Crippen molar-refractivity contribution < 1.29 is 0 Å². The highest BCUT2D eigenvalue weighted by molar-refractivity contribution is 7.99. The van der Waals surface area contributed by atoms with Crippen molar-refractivity contribution in [1.82, 2.24) is 10.2 Å². The predicted molar refractivity (Wildman–Crippen MR) is 73.2 cm³/mol. The lowest BCUT2D eigenvalue weighted by atomic mass is 9.99. The van der Waals surface area contributed by atoms with Crippen LogP contribution in [0.3, 0.4) is 0 Å². The second-order valence-electron chi connectivity index (χ2n) is 5.34. The van der Waals surface area contributed by atoms with E-state index in [1.807, 2.05) is 0 Å². The van der Waals surface area contributed by atoms with Gasteiger partial charge in [-0.25, -0.2) is 0 Å². The zero-order valence-corrected chi connectivity index (χ0v) is 11.4. The molecule has 0 aromatic carbocycles. The van der Waals surface area contributed by atoms with Crippen LogP contribution in [0.25, 0.3) is 0 Å². The van der Waals surface area contributed by atoms with E-state index in [1.54, 1.807) is 0 Å². The van der Waals surface area contributed by atoms with Gasteiger partial charge in [0.15, 0.2) is 0 Å². The summed E-state index contributed by atoms with van der Waals surface area (Å²) in [4.78, 5) is 2.66. The summed E-state index contributed by atoms with van der Waals surface area (Å²) in [5.74, 6) is 2.31. The topological polar surface area (TPSA) is 15.3 Å². The monoisotopic (exact) mass is 242 g/mol. The molecule has 2 saturated heterocycles. The summed E-state index contributed by atoms with van der Waals surface area (Å²) in [5.41, 5.74) is 0. The Balaban J connectivity index is 1.53. The Morgan fingerprint density at radius 2 is 1.81 bits per heavy atom. The first-order valence-electron chi connectivity index (χ1n) is 6.89.